The molecule has 1 amide bonds. The zero-order chi connectivity index (χ0) is 22.6. The van der Waals surface area contributed by atoms with Crippen LogP contribution < -0.4 is 14.8 Å². The van der Waals surface area contributed by atoms with E-state index >= 15 is 0 Å². The van der Waals surface area contributed by atoms with E-state index in [0.29, 0.717) is 11.4 Å². The second-order valence-corrected chi connectivity index (χ2v) is 9.06. The highest BCUT2D eigenvalue weighted by Crippen LogP contribution is 2.28. The van der Waals surface area contributed by atoms with Gasteiger partial charge in [0.1, 0.15) is 10.6 Å². The summed E-state index contributed by atoms with van der Waals surface area (Å²) in [5.74, 6) is 0.222. The highest BCUT2D eigenvalue weighted by molar-refractivity contribution is 7.92. The van der Waals surface area contributed by atoms with E-state index in [1.807, 2.05) is 37.3 Å². The van der Waals surface area contributed by atoms with Crippen molar-refractivity contribution in [3.05, 3.63) is 88.4 Å². The van der Waals surface area contributed by atoms with E-state index in [4.69, 9.17) is 16.3 Å². The number of ether oxygens (including phenoxy) is 1. The summed E-state index contributed by atoms with van der Waals surface area (Å²) in [6, 6.07) is 18.2. The highest BCUT2D eigenvalue weighted by atomic mass is 35.5. The number of halogens is 1. The Bertz CT molecular complexity index is 1210. The van der Waals surface area contributed by atoms with Crippen molar-refractivity contribution in [2.45, 2.75) is 24.8 Å². The van der Waals surface area contributed by atoms with E-state index in [-0.39, 0.29) is 21.5 Å². The maximum Gasteiger partial charge on any atom is 0.263 e. The standard InChI is InChI=1S/C23H23ClN2O4S/c1-15-8-4-6-10-20(15)26-31(28,29)22-14-17(12-13-19(22)24)23(27)25-16(2)18-9-5-7-11-21(18)30-3/h4-14,16,26H,1-3H3,(H,25,27). The number of benzene rings is 3. The van der Waals surface area contributed by atoms with Crippen molar-refractivity contribution in [3.63, 3.8) is 0 Å². The summed E-state index contributed by atoms with van der Waals surface area (Å²) in [6.07, 6.45) is 0. The third-order valence-electron chi connectivity index (χ3n) is 4.83. The maximum atomic E-state index is 12.9. The van der Waals surface area contributed by atoms with Gasteiger partial charge in [0.15, 0.2) is 0 Å². The van der Waals surface area contributed by atoms with Crippen LogP contribution in [0.15, 0.2) is 71.6 Å². The van der Waals surface area contributed by atoms with Gasteiger partial charge in [0.05, 0.1) is 23.9 Å². The van der Waals surface area contributed by atoms with Crippen molar-refractivity contribution in [3.8, 4) is 5.75 Å². The lowest BCUT2D eigenvalue weighted by Gasteiger charge is -2.18. The predicted octanol–water partition coefficient (Wildman–Crippen LogP) is 4.95. The normalized spacial score (nSPS) is 12.1. The number of hydrogen-bond donors (Lipinski definition) is 2. The molecule has 162 valence electrons. The number of anilines is 1. The molecule has 6 nitrogen and oxygen atoms in total. The zero-order valence-electron chi connectivity index (χ0n) is 17.3. The van der Waals surface area contributed by atoms with Crippen LogP contribution in [0.3, 0.4) is 0 Å². The van der Waals surface area contributed by atoms with Crippen LogP contribution in [0.5, 0.6) is 5.75 Å². The van der Waals surface area contributed by atoms with E-state index < -0.39 is 15.9 Å². The molecule has 0 saturated carbocycles. The molecule has 0 bridgehead atoms. The van der Waals surface area contributed by atoms with Gasteiger partial charge in [-0.05, 0) is 49.7 Å². The molecule has 0 aliphatic rings. The molecule has 0 aromatic heterocycles. The number of nitrogens with one attached hydrogen (secondary N) is 2. The molecule has 3 aromatic rings. The third-order valence-corrected chi connectivity index (χ3v) is 6.67. The van der Waals surface area contributed by atoms with Crippen LogP contribution in [-0.4, -0.2) is 21.4 Å². The average molecular weight is 459 g/mol. The molecule has 3 rings (SSSR count). The summed E-state index contributed by atoms with van der Waals surface area (Å²) in [4.78, 5) is 12.6. The van der Waals surface area contributed by atoms with Crippen molar-refractivity contribution >= 4 is 33.2 Å². The van der Waals surface area contributed by atoms with Gasteiger partial charge in [0, 0.05) is 11.1 Å². The summed E-state index contributed by atoms with van der Waals surface area (Å²) < 4.78 is 33.7. The minimum atomic E-state index is -4.00. The van der Waals surface area contributed by atoms with Gasteiger partial charge in [-0.1, -0.05) is 48.0 Å². The number of para-hydroxylation sites is 2. The minimum Gasteiger partial charge on any atom is -0.496 e. The van der Waals surface area contributed by atoms with Gasteiger partial charge in [-0.25, -0.2) is 8.42 Å². The summed E-state index contributed by atoms with van der Waals surface area (Å²) >= 11 is 6.17. The smallest absolute Gasteiger partial charge is 0.263 e. The van der Waals surface area contributed by atoms with Crippen LogP contribution in [0.4, 0.5) is 5.69 Å². The van der Waals surface area contributed by atoms with Gasteiger partial charge in [-0.3, -0.25) is 9.52 Å². The molecule has 0 saturated heterocycles. The molecule has 3 aromatic carbocycles. The van der Waals surface area contributed by atoms with Gasteiger partial charge >= 0.3 is 0 Å². The Morgan fingerprint density at radius 2 is 1.71 bits per heavy atom. The van der Waals surface area contributed by atoms with E-state index in [1.54, 1.807) is 32.2 Å². The zero-order valence-corrected chi connectivity index (χ0v) is 18.9. The van der Waals surface area contributed by atoms with Gasteiger partial charge < -0.3 is 10.1 Å². The molecule has 0 spiro atoms. The molecule has 0 aliphatic carbocycles. The number of carbonyl (C=O) groups excluding carboxylic acids is 1. The second kappa shape index (κ2) is 9.41. The Morgan fingerprint density at radius 3 is 2.42 bits per heavy atom. The first-order chi connectivity index (χ1) is 14.7. The minimum absolute atomic E-state index is 0.0235. The van der Waals surface area contributed by atoms with Gasteiger partial charge in [-0.15, -0.1) is 0 Å². The highest BCUT2D eigenvalue weighted by Gasteiger charge is 2.22. The molecular weight excluding hydrogens is 436 g/mol. The van der Waals surface area contributed by atoms with Crippen molar-refractivity contribution in [2.24, 2.45) is 0 Å². The fourth-order valence-corrected chi connectivity index (χ4v) is 4.78. The van der Waals surface area contributed by atoms with Crippen molar-refractivity contribution in [1.82, 2.24) is 5.32 Å². The molecule has 0 heterocycles. The number of carbonyl (C=O) groups is 1. The van der Waals surface area contributed by atoms with Crippen molar-refractivity contribution in [1.29, 1.82) is 0 Å². The van der Waals surface area contributed by atoms with Crippen LogP contribution in [0.1, 0.15) is 34.5 Å². The lowest BCUT2D eigenvalue weighted by molar-refractivity contribution is 0.0939. The van der Waals surface area contributed by atoms with Gasteiger partial charge in [0.2, 0.25) is 0 Å². The number of aryl methyl sites for hydroxylation is 1. The van der Waals surface area contributed by atoms with Gasteiger partial charge in [0.25, 0.3) is 15.9 Å². The summed E-state index contributed by atoms with van der Waals surface area (Å²) in [6.45, 7) is 3.62. The maximum absolute atomic E-state index is 12.9. The Hall–Kier alpha value is -3.03. The summed E-state index contributed by atoms with van der Waals surface area (Å²) in [5, 5.41) is 2.89. The molecule has 8 heteroatoms. The molecule has 1 unspecified atom stereocenters. The van der Waals surface area contributed by atoms with Crippen molar-refractivity contribution in [2.75, 3.05) is 11.8 Å². The van der Waals surface area contributed by atoms with Gasteiger partial charge in [-0.2, -0.15) is 0 Å². The number of amides is 1. The topological polar surface area (TPSA) is 84.5 Å². The van der Waals surface area contributed by atoms with E-state index in [9.17, 15) is 13.2 Å². The molecule has 1 atom stereocenters. The Balaban J connectivity index is 1.86. The first-order valence-electron chi connectivity index (χ1n) is 9.54. The second-order valence-electron chi connectivity index (χ2n) is 7.00. The Morgan fingerprint density at radius 1 is 1.03 bits per heavy atom. The van der Waals surface area contributed by atoms with E-state index in [2.05, 4.69) is 10.0 Å². The van der Waals surface area contributed by atoms with Crippen LogP contribution in [0.25, 0.3) is 0 Å². The first-order valence-corrected chi connectivity index (χ1v) is 11.4. The monoisotopic (exact) mass is 458 g/mol. The third kappa shape index (κ3) is 5.18. The van der Waals surface area contributed by atoms with Crippen LogP contribution in [-0.2, 0) is 10.0 Å². The molecular formula is C23H23ClN2O4S. The van der Waals surface area contributed by atoms with Crippen molar-refractivity contribution < 1.29 is 17.9 Å². The summed E-state index contributed by atoms with van der Waals surface area (Å²) in [7, 11) is -2.44. The van der Waals surface area contributed by atoms with E-state index in [0.717, 1.165) is 11.1 Å². The number of rotatable bonds is 7. The molecule has 0 fully saturated rings. The number of sulfonamides is 1. The SMILES string of the molecule is COc1ccccc1C(C)NC(=O)c1ccc(Cl)c(S(=O)(=O)Nc2ccccc2C)c1. The van der Waals surface area contributed by atoms with Crippen LogP contribution in [0.2, 0.25) is 5.02 Å². The molecule has 0 radical (unpaired) electrons. The molecule has 0 aliphatic heterocycles. The predicted molar refractivity (Wildman–Crippen MR) is 122 cm³/mol. The largest absolute Gasteiger partial charge is 0.496 e. The Labute approximate surface area is 187 Å². The quantitative estimate of drug-likeness (QED) is 0.524. The number of hydrogen-bond acceptors (Lipinski definition) is 4. The van der Waals surface area contributed by atoms with Crippen LogP contribution in [0, 0.1) is 6.92 Å². The Kier molecular flexibility index (Phi) is 6.87. The van der Waals surface area contributed by atoms with E-state index in [1.165, 1.54) is 18.2 Å². The first kappa shape index (κ1) is 22.7. The summed E-state index contributed by atoms with van der Waals surface area (Å²) in [5.41, 5.74) is 2.19. The average Bonchev–Trinajstić information content (AvgIpc) is 2.75. The van der Waals surface area contributed by atoms with Crippen LogP contribution >= 0.6 is 11.6 Å². The number of methoxy groups -OCH3 is 1. The molecule has 31 heavy (non-hydrogen) atoms. The lowest BCUT2D eigenvalue weighted by Crippen LogP contribution is -2.27. The fraction of sp³-hybridized carbons (Fsp3) is 0.174. The molecule has 2 N–H and O–H groups in total. The lowest BCUT2D eigenvalue weighted by atomic mass is 10.1. The fourth-order valence-electron chi connectivity index (χ4n) is 3.12.